The normalized spacial score (nSPS) is 14.4. The monoisotopic (exact) mass is 557 g/mol. The minimum absolute atomic E-state index is 0.118. The number of aromatic nitrogens is 3. The van der Waals surface area contributed by atoms with Crippen LogP contribution in [0.25, 0.3) is 23.0 Å². The smallest absolute Gasteiger partial charge is 0.422 e. The zero-order valence-electron chi connectivity index (χ0n) is 20.6. The molecular weight excluding hydrogens is 535 g/mol. The van der Waals surface area contributed by atoms with E-state index in [9.17, 15) is 18.0 Å². The molecule has 202 valence electrons. The van der Waals surface area contributed by atoms with E-state index in [1.54, 1.807) is 53.4 Å². The number of carbonyl (C=O) groups excluding carboxylic acids is 1. The summed E-state index contributed by atoms with van der Waals surface area (Å²) < 4.78 is 47.0. The fraction of sp³-hybridized carbons (Fsp3) is 0.259. The zero-order valence-corrected chi connectivity index (χ0v) is 21.3. The molecule has 4 aromatic rings. The summed E-state index contributed by atoms with van der Waals surface area (Å²) in [6, 6.07) is 17.0. The van der Waals surface area contributed by atoms with Gasteiger partial charge in [-0.3, -0.25) is 14.7 Å². The fourth-order valence-corrected chi connectivity index (χ4v) is 4.22. The summed E-state index contributed by atoms with van der Waals surface area (Å²) in [5.74, 6) is 0.708. The molecule has 12 heteroatoms. The van der Waals surface area contributed by atoms with Crippen LogP contribution in [0, 0.1) is 0 Å². The third kappa shape index (κ3) is 6.92. The first-order chi connectivity index (χ1) is 18.7. The Balaban J connectivity index is 1.12. The van der Waals surface area contributed by atoms with Gasteiger partial charge in [0, 0.05) is 49.5 Å². The number of hydrogen-bond acceptors (Lipinski definition) is 7. The van der Waals surface area contributed by atoms with Gasteiger partial charge in [-0.05, 0) is 54.1 Å². The molecule has 0 bridgehead atoms. The van der Waals surface area contributed by atoms with Crippen molar-refractivity contribution in [1.82, 2.24) is 24.9 Å². The lowest BCUT2D eigenvalue weighted by Gasteiger charge is -2.34. The van der Waals surface area contributed by atoms with Crippen molar-refractivity contribution < 1.29 is 27.2 Å². The Bertz CT molecular complexity index is 1400. The van der Waals surface area contributed by atoms with Gasteiger partial charge in [0.15, 0.2) is 6.61 Å². The Morgan fingerprint density at radius 1 is 0.974 bits per heavy atom. The predicted octanol–water partition coefficient (Wildman–Crippen LogP) is 5.35. The highest BCUT2D eigenvalue weighted by atomic mass is 35.5. The molecule has 5 rings (SSSR count). The SMILES string of the molecule is O=C(c1ccc(-c2nc(-c3ccc(Cl)cc3)no2)nc1)N1CCN(Cc2ccc(OCC(F)(F)F)cc2)CC1. The average molecular weight is 558 g/mol. The molecule has 2 aromatic carbocycles. The van der Waals surface area contributed by atoms with Crippen molar-refractivity contribution >= 4 is 17.5 Å². The highest BCUT2D eigenvalue weighted by molar-refractivity contribution is 6.30. The van der Waals surface area contributed by atoms with Crippen LogP contribution in [-0.2, 0) is 6.54 Å². The molecule has 1 amide bonds. The lowest BCUT2D eigenvalue weighted by molar-refractivity contribution is -0.153. The van der Waals surface area contributed by atoms with Crippen LogP contribution in [0.5, 0.6) is 5.75 Å². The molecule has 2 aromatic heterocycles. The maximum atomic E-state index is 13.0. The van der Waals surface area contributed by atoms with E-state index in [2.05, 4.69) is 20.0 Å². The molecule has 39 heavy (non-hydrogen) atoms. The topological polar surface area (TPSA) is 84.6 Å². The van der Waals surface area contributed by atoms with Crippen LogP contribution in [0.3, 0.4) is 0 Å². The number of carbonyl (C=O) groups is 1. The van der Waals surface area contributed by atoms with Gasteiger partial charge in [-0.1, -0.05) is 28.9 Å². The Kier molecular flexibility index (Phi) is 7.80. The maximum absolute atomic E-state index is 13.0. The zero-order chi connectivity index (χ0) is 27.4. The van der Waals surface area contributed by atoms with E-state index in [4.69, 9.17) is 20.9 Å². The first-order valence-electron chi connectivity index (χ1n) is 12.1. The van der Waals surface area contributed by atoms with Gasteiger partial charge >= 0.3 is 6.18 Å². The van der Waals surface area contributed by atoms with Crippen LogP contribution in [-0.4, -0.2) is 69.8 Å². The Labute approximate surface area is 227 Å². The standard InChI is InChI=1S/C27H23ClF3N5O3/c28-21-6-3-19(4-7-21)24-33-25(39-34-24)23-10-5-20(15-32-23)26(37)36-13-11-35(12-14-36)16-18-1-8-22(9-2-18)38-17-27(29,30)31/h1-10,15H,11-14,16-17H2. The van der Waals surface area contributed by atoms with Gasteiger partial charge in [-0.25, -0.2) is 0 Å². The second-order valence-corrected chi connectivity index (χ2v) is 9.41. The van der Waals surface area contributed by atoms with Crippen molar-refractivity contribution in [2.24, 2.45) is 0 Å². The summed E-state index contributed by atoms with van der Waals surface area (Å²) in [5, 5.41) is 4.59. The second-order valence-electron chi connectivity index (χ2n) is 8.98. The molecule has 8 nitrogen and oxygen atoms in total. The first-order valence-corrected chi connectivity index (χ1v) is 12.5. The summed E-state index contributed by atoms with van der Waals surface area (Å²) in [4.78, 5) is 25.7. The molecule has 1 fully saturated rings. The van der Waals surface area contributed by atoms with Crippen molar-refractivity contribution in [1.29, 1.82) is 0 Å². The molecular formula is C27H23ClF3N5O3. The van der Waals surface area contributed by atoms with Crippen LogP contribution in [0.2, 0.25) is 5.02 Å². The number of pyridine rings is 1. The average Bonchev–Trinajstić information content (AvgIpc) is 3.43. The minimum Gasteiger partial charge on any atom is -0.484 e. The van der Waals surface area contributed by atoms with Crippen LogP contribution in [0.1, 0.15) is 15.9 Å². The summed E-state index contributed by atoms with van der Waals surface area (Å²) in [6.07, 6.45) is -2.87. The van der Waals surface area contributed by atoms with Crippen molar-refractivity contribution in [3.8, 4) is 28.7 Å². The Morgan fingerprint density at radius 3 is 2.33 bits per heavy atom. The number of benzene rings is 2. The van der Waals surface area contributed by atoms with E-state index < -0.39 is 12.8 Å². The molecule has 0 atom stereocenters. The van der Waals surface area contributed by atoms with E-state index in [0.29, 0.717) is 54.8 Å². The number of ether oxygens (including phenoxy) is 1. The summed E-state index contributed by atoms with van der Waals surface area (Å²) in [7, 11) is 0. The molecule has 0 spiro atoms. The van der Waals surface area contributed by atoms with Gasteiger partial charge in [0.25, 0.3) is 11.8 Å². The number of alkyl halides is 3. The van der Waals surface area contributed by atoms with Gasteiger partial charge in [0.1, 0.15) is 11.4 Å². The number of hydrogen-bond donors (Lipinski definition) is 0. The second kappa shape index (κ2) is 11.4. The highest BCUT2D eigenvalue weighted by Gasteiger charge is 2.28. The molecule has 1 aliphatic heterocycles. The van der Waals surface area contributed by atoms with Crippen molar-refractivity contribution in [2.75, 3.05) is 32.8 Å². The van der Waals surface area contributed by atoms with E-state index in [1.165, 1.54) is 18.3 Å². The summed E-state index contributed by atoms with van der Waals surface area (Å²) in [6.45, 7) is 1.73. The molecule has 3 heterocycles. The third-order valence-corrected chi connectivity index (χ3v) is 6.40. The number of rotatable bonds is 7. The molecule has 1 aliphatic rings. The Hall–Kier alpha value is -3.96. The van der Waals surface area contributed by atoms with E-state index in [1.807, 2.05) is 0 Å². The van der Waals surface area contributed by atoms with Crippen molar-refractivity contribution in [3.63, 3.8) is 0 Å². The van der Waals surface area contributed by atoms with Crippen LogP contribution < -0.4 is 4.74 Å². The van der Waals surface area contributed by atoms with Gasteiger partial charge in [0.2, 0.25) is 5.82 Å². The number of piperazine rings is 1. The molecule has 0 radical (unpaired) electrons. The van der Waals surface area contributed by atoms with E-state index in [0.717, 1.165) is 11.1 Å². The molecule has 0 N–H and O–H groups in total. The third-order valence-electron chi connectivity index (χ3n) is 6.15. The molecule has 0 unspecified atom stereocenters. The van der Waals surface area contributed by atoms with E-state index >= 15 is 0 Å². The van der Waals surface area contributed by atoms with Crippen molar-refractivity contribution in [2.45, 2.75) is 12.7 Å². The highest BCUT2D eigenvalue weighted by Crippen LogP contribution is 2.23. The molecule has 1 saturated heterocycles. The quantitative estimate of drug-likeness (QED) is 0.303. The van der Waals surface area contributed by atoms with Gasteiger partial charge in [-0.2, -0.15) is 18.2 Å². The van der Waals surface area contributed by atoms with Gasteiger partial charge in [0.05, 0.1) is 5.56 Å². The molecule has 0 saturated carbocycles. The molecule has 0 aliphatic carbocycles. The van der Waals surface area contributed by atoms with Crippen LogP contribution in [0.4, 0.5) is 13.2 Å². The predicted molar refractivity (Wildman–Crippen MR) is 137 cm³/mol. The lowest BCUT2D eigenvalue weighted by Crippen LogP contribution is -2.48. The number of amides is 1. The largest absolute Gasteiger partial charge is 0.484 e. The summed E-state index contributed by atoms with van der Waals surface area (Å²) in [5.41, 5.74) is 2.62. The number of halogens is 4. The van der Waals surface area contributed by atoms with Gasteiger partial charge in [-0.15, -0.1) is 0 Å². The summed E-state index contributed by atoms with van der Waals surface area (Å²) >= 11 is 5.92. The maximum Gasteiger partial charge on any atom is 0.422 e. The number of nitrogens with zero attached hydrogens (tertiary/aromatic N) is 5. The van der Waals surface area contributed by atoms with E-state index in [-0.39, 0.29) is 17.5 Å². The lowest BCUT2D eigenvalue weighted by atomic mass is 10.1. The first kappa shape index (κ1) is 26.6. The fourth-order valence-electron chi connectivity index (χ4n) is 4.10. The van der Waals surface area contributed by atoms with Gasteiger partial charge < -0.3 is 14.2 Å². The minimum atomic E-state index is -4.37. The van der Waals surface area contributed by atoms with Crippen LogP contribution in [0.15, 0.2) is 71.4 Å². The van der Waals surface area contributed by atoms with Crippen LogP contribution >= 0.6 is 11.6 Å². The van der Waals surface area contributed by atoms with Crippen molar-refractivity contribution in [3.05, 3.63) is 83.0 Å². The Morgan fingerprint density at radius 2 is 1.69 bits per heavy atom.